The lowest BCUT2D eigenvalue weighted by Crippen LogP contribution is -2.15. The lowest BCUT2D eigenvalue weighted by Gasteiger charge is -2.08. The largest absolute Gasteiger partial charge is 0.379 e. The van der Waals surface area contributed by atoms with Crippen molar-refractivity contribution in [1.82, 2.24) is 0 Å². The zero-order valence-corrected chi connectivity index (χ0v) is 21.9. The van der Waals surface area contributed by atoms with Gasteiger partial charge in [-0.05, 0) is 6.92 Å². The lowest BCUT2D eigenvalue weighted by molar-refractivity contribution is -0.0261. The number of hydrogen-bond donors (Lipinski definition) is 0. The summed E-state index contributed by atoms with van der Waals surface area (Å²) in [6.45, 7) is 13.4. The van der Waals surface area contributed by atoms with E-state index in [1.165, 1.54) is 0 Å². The smallest absolute Gasteiger partial charge is 0.0701 e. The summed E-state index contributed by atoms with van der Waals surface area (Å²) < 4.78 is 53.7. The third-order valence-electron chi connectivity index (χ3n) is 3.77. The first kappa shape index (κ1) is 33.1. The van der Waals surface area contributed by atoms with E-state index in [2.05, 4.69) is 15.9 Å². The molecule has 0 unspecified atom stereocenters. The minimum atomic E-state index is 0.531. The zero-order chi connectivity index (χ0) is 23.9. The van der Waals surface area contributed by atoms with E-state index in [-0.39, 0.29) is 0 Å². The van der Waals surface area contributed by atoms with Crippen LogP contribution in [0.25, 0.3) is 0 Å². The average molecular weight is 549 g/mol. The molecule has 0 rings (SSSR count). The Morgan fingerprint density at radius 3 is 0.667 bits per heavy atom. The molecule has 0 saturated carbocycles. The van der Waals surface area contributed by atoms with Crippen LogP contribution in [-0.2, 0) is 47.4 Å². The van der Waals surface area contributed by atoms with Crippen LogP contribution in [0.3, 0.4) is 0 Å². The molecule has 0 aliphatic carbocycles. The van der Waals surface area contributed by atoms with Crippen molar-refractivity contribution in [1.29, 1.82) is 0 Å². The number of alkyl halides is 1. The minimum Gasteiger partial charge on any atom is -0.379 e. The molecule has 0 saturated heterocycles. The molecule has 0 amide bonds. The monoisotopic (exact) mass is 548 g/mol. The first-order valence-corrected chi connectivity index (χ1v) is 12.9. The van der Waals surface area contributed by atoms with Crippen LogP contribution in [0.15, 0.2) is 0 Å². The molecule has 200 valence electrons. The molecular formula is C22H45BrO10. The second kappa shape index (κ2) is 32.1. The highest BCUT2D eigenvalue weighted by atomic mass is 79.9. The van der Waals surface area contributed by atoms with Crippen LogP contribution in [0.5, 0.6) is 0 Å². The van der Waals surface area contributed by atoms with Gasteiger partial charge in [0, 0.05) is 11.9 Å². The maximum atomic E-state index is 5.44. The molecule has 0 atom stereocenters. The Morgan fingerprint density at radius 1 is 0.303 bits per heavy atom. The normalized spacial score (nSPS) is 11.5. The van der Waals surface area contributed by atoms with Gasteiger partial charge in [0.1, 0.15) is 0 Å². The number of hydrogen-bond acceptors (Lipinski definition) is 10. The molecule has 0 fully saturated rings. The van der Waals surface area contributed by atoms with Crippen LogP contribution >= 0.6 is 15.9 Å². The maximum Gasteiger partial charge on any atom is 0.0701 e. The third kappa shape index (κ3) is 32.1. The van der Waals surface area contributed by atoms with Gasteiger partial charge in [-0.25, -0.2) is 0 Å². The van der Waals surface area contributed by atoms with Gasteiger partial charge < -0.3 is 47.4 Å². The van der Waals surface area contributed by atoms with Gasteiger partial charge in [0.2, 0.25) is 0 Å². The summed E-state index contributed by atoms with van der Waals surface area (Å²) in [6, 6.07) is 0. The first-order valence-electron chi connectivity index (χ1n) is 11.7. The van der Waals surface area contributed by atoms with Gasteiger partial charge >= 0.3 is 0 Å². The zero-order valence-electron chi connectivity index (χ0n) is 20.3. The minimum absolute atomic E-state index is 0.531. The topological polar surface area (TPSA) is 92.3 Å². The Bertz CT molecular complexity index is 312. The van der Waals surface area contributed by atoms with Crippen LogP contribution in [0.1, 0.15) is 6.92 Å². The van der Waals surface area contributed by atoms with Crippen molar-refractivity contribution in [2.75, 3.05) is 137 Å². The van der Waals surface area contributed by atoms with E-state index in [9.17, 15) is 0 Å². The van der Waals surface area contributed by atoms with Crippen LogP contribution in [0.4, 0.5) is 0 Å². The molecule has 10 nitrogen and oxygen atoms in total. The van der Waals surface area contributed by atoms with Gasteiger partial charge in [-0.2, -0.15) is 0 Å². The predicted octanol–water partition coefficient (Wildman–Crippen LogP) is 1.57. The van der Waals surface area contributed by atoms with Gasteiger partial charge in [0.15, 0.2) is 0 Å². The third-order valence-corrected chi connectivity index (χ3v) is 4.10. The van der Waals surface area contributed by atoms with E-state index in [4.69, 9.17) is 47.4 Å². The molecule has 33 heavy (non-hydrogen) atoms. The first-order chi connectivity index (χ1) is 16.4. The van der Waals surface area contributed by atoms with E-state index in [0.29, 0.717) is 132 Å². The SMILES string of the molecule is CCOCCOCCOCCOCCOCCOCCOCCOCCOCCOCCBr. The van der Waals surface area contributed by atoms with Gasteiger partial charge in [-0.15, -0.1) is 0 Å². The highest BCUT2D eigenvalue weighted by molar-refractivity contribution is 9.09. The summed E-state index contributed by atoms with van der Waals surface area (Å²) in [6.07, 6.45) is 0. The van der Waals surface area contributed by atoms with Crippen molar-refractivity contribution < 1.29 is 47.4 Å². The van der Waals surface area contributed by atoms with Crippen LogP contribution in [0.2, 0.25) is 0 Å². The standard InChI is InChI=1S/C22H45BrO10/c1-2-24-5-6-26-9-10-28-13-14-30-17-18-32-21-22-33-20-19-31-16-15-29-12-11-27-8-7-25-4-3-23/h2-22H2,1H3. The molecule has 0 bridgehead atoms. The van der Waals surface area contributed by atoms with Crippen molar-refractivity contribution in [2.45, 2.75) is 6.92 Å². The highest BCUT2D eigenvalue weighted by Gasteiger charge is 1.95. The van der Waals surface area contributed by atoms with Gasteiger partial charge in [-0.3, -0.25) is 0 Å². The number of ether oxygens (including phenoxy) is 10. The van der Waals surface area contributed by atoms with Crippen molar-refractivity contribution in [3.05, 3.63) is 0 Å². The van der Waals surface area contributed by atoms with Crippen molar-refractivity contribution in [3.8, 4) is 0 Å². The van der Waals surface area contributed by atoms with E-state index in [1.807, 2.05) is 6.92 Å². The molecule has 0 aliphatic rings. The van der Waals surface area contributed by atoms with Crippen molar-refractivity contribution in [2.24, 2.45) is 0 Å². The van der Waals surface area contributed by atoms with Gasteiger partial charge in [0.25, 0.3) is 0 Å². The quantitative estimate of drug-likeness (QED) is 0.0972. The molecule has 0 radical (unpaired) electrons. The van der Waals surface area contributed by atoms with Crippen molar-refractivity contribution >= 4 is 15.9 Å². The summed E-state index contributed by atoms with van der Waals surface area (Å²) in [5.41, 5.74) is 0. The Hall–Kier alpha value is 0.0800. The molecule has 0 N–H and O–H groups in total. The molecular weight excluding hydrogens is 504 g/mol. The lowest BCUT2D eigenvalue weighted by atomic mass is 10.6. The molecule has 0 aliphatic heterocycles. The van der Waals surface area contributed by atoms with Gasteiger partial charge in [0.05, 0.1) is 126 Å². The molecule has 0 aromatic heterocycles. The molecule has 0 aromatic rings. The predicted molar refractivity (Wildman–Crippen MR) is 128 cm³/mol. The van der Waals surface area contributed by atoms with Crippen LogP contribution in [0, 0.1) is 0 Å². The highest BCUT2D eigenvalue weighted by Crippen LogP contribution is 1.87. The van der Waals surface area contributed by atoms with E-state index < -0.39 is 0 Å². The average Bonchev–Trinajstić information content (AvgIpc) is 2.83. The number of rotatable bonds is 30. The second-order valence-electron chi connectivity index (χ2n) is 6.40. The summed E-state index contributed by atoms with van der Waals surface area (Å²) >= 11 is 3.30. The van der Waals surface area contributed by atoms with E-state index in [0.717, 1.165) is 5.33 Å². The van der Waals surface area contributed by atoms with E-state index in [1.54, 1.807) is 0 Å². The molecule has 0 heterocycles. The van der Waals surface area contributed by atoms with E-state index >= 15 is 0 Å². The van der Waals surface area contributed by atoms with Gasteiger partial charge in [-0.1, -0.05) is 15.9 Å². The summed E-state index contributed by atoms with van der Waals surface area (Å²) in [5.74, 6) is 0. The summed E-state index contributed by atoms with van der Waals surface area (Å²) in [4.78, 5) is 0. The summed E-state index contributed by atoms with van der Waals surface area (Å²) in [5, 5.41) is 0.843. The molecule has 0 aromatic carbocycles. The molecule has 11 heteroatoms. The van der Waals surface area contributed by atoms with Crippen molar-refractivity contribution in [3.63, 3.8) is 0 Å². The Balaban J connectivity index is 2.99. The maximum absolute atomic E-state index is 5.44. The van der Waals surface area contributed by atoms with Crippen LogP contribution in [-0.4, -0.2) is 137 Å². The fraction of sp³-hybridized carbons (Fsp3) is 1.00. The molecule has 0 spiro atoms. The second-order valence-corrected chi connectivity index (χ2v) is 7.19. The van der Waals surface area contributed by atoms with Crippen LogP contribution < -0.4 is 0 Å². The summed E-state index contributed by atoms with van der Waals surface area (Å²) in [7, 11) is 0. The Morgan fingerprint density at radius 2 is 0.485 bits per heavy atom. The fourth-order valence-corrected chi connectivity index (χ4v) is 2.41. The fourth-order valence-electron chi connectivity index (χ4n) is 2.18. The Labute approximate surface area is 207 Å². The number of halogens is 1. The Kier molecular flexibility index (Phi) is 32.2.